The number of carbonyl (C=O) groups excluding carboxylic acids is 2. The van der Waals surface area contributed by atoms with Gasteiger partial charge in [-0.15, -0.1) is 0 Å². The van der Waals surface area contributed by atoms with E-state index in [1.807, 2.05) is 73.3 Å². The van der Waals surface area contributed by atoms with Gasteiger partial charge in [0.2, 0.25) is 5.91 Å². The number of benzene rings is 3. The Bertz CT molecular complexity index is 1400. The summed E-state index contributed by atoms with van der Waals surface area (Å²) in [5.74, 6) is -2.31. The number of carbonyl (C=O) groups is 3. The van der Waals surface area contributed by atoms with Crippen LogP contribution in [0.5, 0.6) is 0 Å². The molecule has 0 spiro atoms. The van der Waals surface area contributed by atoms with Crippen LogP contribution in [0.2, 0.25) is 0 Å². The number of hydrogen-bond acceptors (Lipinski definition) is 5. The van der Waals surface area contributed by atoms with Crippen molar-refractivity contribution in [1.82, 2.24) is 15.5 Å². The number of hydrogen-bond donors (Lipinski definition) is 3. The van der Waals surface area contributed by atoms with Crippen molar-refractivity contribution in [1.29, 1.82) is 0 Å². The predicted octanol–water partition coefficient (Wildman–Crippen LogP) is 5.03. The molecule has 1 heterocycles. The summed E-state index contributed by atoms with van der Waals surface area (Å²) in [5.41, 5.74) is 4.24. The van der Waals surface area contributed by atoms with Gasteiger partial charge in [0.15, 0.2) is 5.54 Å². The summed E-state index contributed by atoms with van der Waals surface area (Å²) in [7, 11) is 0. The lowest BCUT2D eigenvalue weighted by molar-refractivity contribution is -0.148. The second kappa shape index (κ2) is 12.4. The molecule has 0 aromatic heterocycles. The summed E-state index contributed by atoms with van der Waals surface area (Å²) < 4.78 is 5.70. The molecule has 0 bridgehead atoms. The normalized spacial score (nSPS) is 19.5. The zero-order valence-electron chi connectivity index (χ0n) is 24.4. The number of likely N-dealkylation sites (tertiary alicyclic amines) is 1. The molecule has 1 fully saturated rings. The van der Waals surface area contributed by atoms with Gasteiger partial charge in [-0.05, 0) is 47.1 Å². The molecule has 5 rings (SSSR count). The molecule has 0 radical (unpaired) electrons. The highest BCUT2D eigenvalue weighted by Crippen LogP contribution is 2.44. The lowest BCUT2D eigenvalue weighted by atomic mass is 9.87. The van der Waals surface area contributed by atoms with E-state index in [-0.39, 0.29) is 30.9 Å². The SMILES string of the molecule is CC(C)C(C(=O)NC1(C(=O)O)CCN(Cc2ccccc2)C1)C(C)NC(=O)OCC1c2ccccc2-c2ccccc21. The largest absolute Gasteiger partial charge is 0.479 e. The first-order valence-electron chi connectivity index (χ1n) is 14.6. The fourth-order valence-electron chi connectivity index (χ4n) is 6.54. The first-order valence-corrected chi connectivity index (χ1v) is 14.6. The molecule has 0 saturated carbocycles. The molecule has 1 saturated heterocycles. The van der Waals surface area contributed by atoms with Crippen LogP contribution in [-0.2, 0) is 20.9 Å². The Hall–Kier alpha value is -4.17. The number of nitrogens with one attached hydrogen (secondary N) is 2. The summed E-state index contributed by atoms with van der Waals surface area (Å²) >= 11 is 0. The molecule has 220 valence electrons. The first-order chi connectivity index (χ1) is 20.2. The molecule has 3 unspecified atom stereocenters. The average molecular weight is 570 g/mol. The van der Waals surface area contributed by atoms with E-state index in [4.69, 9.17) is 4.74 Å². The van der Waals surface area contributed by atoms with Crippen LogP contribution in [0, 0.1) is 11.8 Å². The summed E-state index contributed by atoms with van der Waals surface area (Å²) in [5, 5.41) is 15.9. The van der Waals surface area contributed by atoms with Crippen LogP contribution in [-0.4, -0.2) is 59.3 Å². The average Bonchev–Trinajstić information content (AvgIpc) is 3.51. The number of fused-ring (bicyclic) bond motifs is 3. The molecule has 8 heteroatoms. The third kappa shape index (κ3) is 6.04. The summed E-state index contributed by atoms with van der Waals surface area (Å²) in [4.78, 5) is 41.0. The monoisotopic (exact) mass is 569 g/mol. The third-order valence-corrected chi connectivity index (χ3v) is 8.62. The van der Waals surface area contributed by atoms with Gasteiger partial charge < -0.3 is 20.5 Å². The lowest BCUT2D eigenvalue weighted by Gasteiger charge is -2.32. The Morgan fingerprint density at radius 3 is 2.12 bits per heavy atom. The van der Waals surface area contributed by atoms with Crippen molar-refractivity contribution >= 4 is 18.0 Å². The molecule has 1 aliphatic heterocycles. The van der Waals surface area contributed by atoms with Gasteiger partial charge in [0.25, 0.3) is 0 Å². The van der Waals surface area contributed by atoms with Gasteiger partial charge in [-0.2, -0.15) is 0 Å². The van der Waals surface area contributed by atoms with Gasteiger partial charge in [0.05, 0.1) is 5.92 Å². The molecular weight excluding hydrogens is 530 g/mol. The van der Waals surface area contributed by atoms with E-state index >= 15 is 0 Å². The van der Waals surface area contributed by atoms with Crippen LogP contribution in [0.1, 0.15) is 49.8 Å². The van der Waals surface area contributed by atoms with Crippen molar-refractivity contribution in [2.45, 2.75) is 51.2 Å². The van der Waals surface area contributed by atoms with E-state index in [0.717, 1.165) is 27.8 Å². The number of alkyl carbamates (subject to hydrolysis) is 1. The molecule has 42 heavy (non-hydrogen) atoms. The maximum absolute atomic E-state index is 13.6. The maximum Gasteiger partial charge on any atom is 0.407 e. The molecule has 1 aliphatic carbocycles. The van der Waals surface area contributed by atoms with Crippen molar-refractivity contribution in [3.05, 3.63) is 95.6 Å². The van der Waals surface area contributed by atoms with Gasteiger partial charge in [-0.3, -0.25) is 9.69 Å². The fraction of sp³-hybridized carbons (Fsp3) is 0.382. The van der Waals surface area contributed by atoms with Crippen LogP contribution in [0.25, 0.3) is 11.1 Å². The molecule has 3 N–H and O–H groups in total. The Labute approximate surface area is 247 Å². The molecular formula is C34H39N3O5. The van der Waals surface area contributed by atoms with Gasteiger partial charge in [-0.1, -0.05) is 92.7 Å². The number of ether oxygens (including phenoxy) is 1. The van der Waals surface area contributed by atoms with E-state index < -0.39 is 29.6 Å². The highest BCUT2D eigenvalue weighted by molar-refractivity contribution is 5.89. The first kappa shape index (κ1) is 29.3. The van der Waals surface area contributed by atoms with E-state index in [1.165, 1.54) is 0 Å². The van der Waals surface area contributed by atoms with Crippen molar-refractivity contribution in [3.63, 3.8) is 0 Å². The van der Waals surface area contributed by atoms with Crippen LogP contribution >= 0.6 is 0 Å². The Kier molecular flexibility index (Phi) is 8.64. The van der Waals surface area contributed by atoms with Crippen molar-refractivity contribution < 1.29 is 24.2 Å². The van der Waals surface area contributed by atoms with E-state index in [1.54, 1.807) is 6.92 Å². The van der Waals surface area contributed by atoms with Gasteiger partial charge in [0, 0.05) is 31.6 Å². The zero-order valence-corrected chi connectivity index (χ0v) is 24.4. The summed E-state index contributed by atoms with van der Waals surface area (Å²) in [6.07, 6.45) is -0.300. The molecule has 3 atom stereocenters. The molecule has 2 amide bonds. The van der Waals surface area contributed by atoms with E-state index in [9.17, 15) is 19.5 Å². The quantitative estimate of drug-likeness (QED) is 0.316. The van der Waals surface area contributed by atoms with Crippen molar-refractivity contribution in [2.75, 3.05) is 19.7 Å². The molecule has 2 aliphatic rings. The Morgan fingerprint density at radius 1 is 0.929 bits per heavy atom. The molecule has 8 nitrogen and oxygen atoms in total. The van der Waals surface area contributed by atoms with Crippen LogP contribution < -0.4 is 10.6 Å². The van der Waals surface area contributed by atoms with Gasteiger partial charge >= 0.3 is 12.1 Å². The van der Waals surface area contributed by atoms with E-state index in [2.05, 4.69) is 34.9 Å². The minimum absolute atomic E-state index is 0.0701. The van der Waals surface area contributed by atoms with Crippen LogP contribution in [0.3, 0.4) is 0 Å². The summed E-state index contributed by atoms with van der Waals surface area (Å²) in [6, 6.07) is 25.6. The smallest absolute Gasteiger partial charge is 0.407 e. The highest BCUT2D eigenvalue weighted by Gasteiger charge is 2.47. The zero-order chi connectivity index (χ0) is 29.9. The predicted molar refractivity (Wildman–Crippen MR) is 161 cm³/mol. The number of rotatable bonds is 10. The third-order valence-electron chi connectivity index (χ3n) is 8.62. The van der Waals surface area contributed by atoms with Gasteiger partial charge in [-0.25, -0.2) is 9.59 Å². The number of aliphatic carboxylic acids is 1. The maximum atomic E-state index is 13.6. The fourth-order valence-corrected chi connectivity index (χ4v) is 6.54. The minimum atomic E-state index is -1.39. The van der Waals surface area contributed by atoms with Crippen molar-refractivity contribution in [3.8, 4) is 11.1 Å². The van der Waals surface area contributed by atoms with Crippen LogP contribution in [0.4, 0.5) is 4.79 Å². The Balaban J connectivity index is 1.21. The topological polar surface area (TPSA) is 108 Å². The van der Waals surface area contributed by atoms with Gasteiger partial charge in [0.1, 0.15) is 6.61 Å². The Morgan fingerprint density at radius 2 is 1.52 bits per heavy atom. The highest BCUT2D eigenvalue weighted by atomic mass is 16.5. The molecule has 3 aromatic rings. The van der Waals surface area contributed by atoms with Crippen LogP contribution in [0.15, 0.2) is 78.9 Å². The lowest BCUT2D eigenvalue weighted by Crippen LogP contribution is -2.60. The van der Waals surface area contributed by atoms with E-state index in [0.29, 0.717) is 19.5 Å². The number of nitrogens with zero attached hydrogens (tertiary/aromatic N) is 1. The minimum Gasteiger partial charge on any atom is -0.479 e. The number of carboxylic acid groups (broad SMARTS) is 1. The second-order valence-electron chi connectivity index (χ2n) is 11.9. The standard InChI is InChI=1S/C34H39N3O5/c1-22(2)30(31(38)36-34(32(39)40)17-18-37(21-34)19-24-11-5-4-6-12-24)23(3)35-33(41)42-20-29-27-15-9-7-13-25(27)26-14-8-10-16-28(26)29/h4-16,22-23,29-30H,17-21H2,1-3H3,(H,35,41)(H,36,38)(H,39,40). The molecule has 3 aromatic carbocycles. The number of carboxylic acids is 1. The van der Waals surface area contributed by atoms with Crippen molar-refractivity contribution in [2.24, 2.45) is 11.8 Å². The summed E-state index contributed by atoms with van der Waals surface area (Å²) in [6.45, 7) is 7.09. The number of amides is 2. The second-order valence-corrected chi connectivity index (χ2v) is 11.9.